The molecule has 0 aliphatic carbocycles. The molecule has 0 N–H and O–H groups in total. The molecule has 2 aliphatic heterocycles. The van der Waals surface area contributed by atoms with Gasteiger partial charge in [-0.2, -0.15) is 0 Å². The van der Waals surface area contributed by atoms with Crippen molar-refractivity contribution in [1.29, 1.82) is 0 Å². The van der Waals surface area contributed by atoms with E-state index in [0.29, 0.717) is 12.5 Å². The second kappa shape index (κ2) is 4.37. The van der Waals surface area contributed by atoms with Gasteiger partial charge in [-0.05, 0) is 37.3 Å². The van der Waals surface area contributed by atoms with Gasteiger partial charge in [0.25, 0.3) is 5.91 Å². The van der Waals surface area contributed by atoms with E-state index >= 15 is 0 Å². The van der Waals surface area contributed by atoms with Gasteiger partial charge in [0.1, 0.15) is 6.04 Å². The monoisotopic (exact) mass is 258 g/mol. The van der Waals surface area contributed by atoms with Crippen LogP contribution in [-0.2, 0) is 4.79 Å². The van der Waals surface area contributed by atoms with E-state index in [1.807, 2.05) is 31.2 Å². The summed E-state index contributed by atoms with van der Waals surface area (Å²) in [5.41, 5.74) is 1.68. The third-order valence-corrected chi connectivity index (χ3v) is 4.16. The maximum atomic E-state index is 12.5. The number of piperidine rings is 1. The Morgan fingerprint density at radius 1 is 1.21 bits per heavy atom. The highest BCUT2D eigenvalue weighted by atomic mass is 16.2. The highest BCUT2D eigenvalue weighted by Crippen LogP contribution is 2.33. The highest BCUT2D eigenvalue weighted by Gasteiger charge is 2.48. The lowest BCUT2D eigenvalue weighted by molar-refractivity contribution is -0.120. The summed E-state index contributed by atoms with van der Waals surface area (Å²) >= 11 is 0. The number of imide groups is 1. The zero-order chi connectivity index (χ0) is 13.6. The lowest BCUT2D eigenvalue weighted by Crippen LogP contribution is -2.41. The fraction of sp³-hybridized carbons (Fsp3) is 0.467. The Kier molecular flexibility index (Phi) is 2.81. The number of anilines is 1. The maximum absolute atomic E-state index is 12.5. The fourth-order valence-corrected chi connectivity index (χ4v) is 3.01. The molecule has 0 bridgehead atoms. The molecule has 2 heterocycles. The average Bonchev–Trinajstić information content (AvgIpc) is 2.63. The van der Waals surface area contributed by atoms with Crippen molar-refractivity contribution >= 4 is 17.6 Å². The van der Waals surface area contributed by atoms with E-state index in [4.69, 9.17) is 0 Å². The molecule has 0 spiro atoms. The predicted octanol–water partition coefficient (Wildman–Crippen LogP) is 2.56. The number of nitrogens with zero attached hydrogens (tertiary/aromatic N) is 2. The summed E-state index contributed by atoms with van der Waals surface area (Å²) in [5, 5.41) is 0. The van der Waals surface area contributed by atoms with E-state index in [9.17, 15) is 9.59 Å². The molecule has 2 aliphatic rings. The molecule has 3 amide bonds. The number of benzene rings is 1. The Labute approximate surface area is 113 Å². The average molecular weight is 258 g/mol. The van der Waals surface area contributed by atoms with Gasteiger partial charge in [0, 0.05) is 6.54 Å². The number of hydrogen-bond acceptors (Lipinski definition) is 2. The van der Waals surface area contributed by atoms with E-state index in [0.717, 1.165) is 24.1 Å². The number of urea groups is 1. The first-order chi connectivity index (χ1) is 9.09. The van der Waals surface area contributed by atoms with Crippen molar-refractivity contribution < 1.29 is 9.59 Å². The van der Waals surface area contributed by atoms with Crippen molar-refractivity contribution in [3.8, 4) is 0 Å². The standard InChI is InChI=1S/C15H18N2O2/c1-10-7-8-16-13(9-10)14(18)17(15(16)19)12-6-4-3-5-11(12)2/h3-6,10,13H,7-9H2,1-2H3/t10-,13-/m1/s1. The van der Waals surface area contributed by atoms with Crippen LogP contribution in [0.15, 0.2) is 24.3 Å². The summed E-state index contributed by atoms with van der Waals surface area (Å²) in [5.74, 6) is 0.445. The largest absolute Gasteiger partial charge is 0.332 e. The summed E-state index contributed by atoms with van der Waals surface area (Å²) in [6.45, 7) is 4.76. The summed E-state index contributed by atoms with van der Waals surface area (Å²) < 4.78 is 0. The molecule has 19 heavy (non-hydrogen) atoms. The molecule has 100 valence electrons. The Bertz CT molecular complexity index is 541. The predicted molar refractivity (Wildman–Crippen MR) is 73.0 cm³/mol. The van der Waals surface area contributed by atoms with Crippen LogP contribution in [0.4, 0.5) is 10.5 Å². The normalized spacial score (nSPS) is 26.8. The van der Waals surface area contributed by atoms with Gasteiger partial charge in [-0.15, -0.1) is 0 Å². The number of hydrogen-bond donors (Lipinski definition) is 0. The SMILES string of the molecule is Cc1ccccc1N1C(=O)[C@H]2C[C@H](C)CCN2C1=O. The third-order valence-electron chi connectivity index (χ3n) is 4.16. The molecule has 0 aromatic heterocycles. The van der Waals surface area contributed by atoms with Crippen molar-refractivity contribution in [1.82, 2.24) is 4.90 Å². The van der Waals surface area contributed by atoms with Crippen LogP contribution < -0.4 is 4.90 Å². The molecule has 1 aromatic rings. The number of aryl methyl sites for hydroxylation is 1. The van der Waals surface area contributed by atoms with Crippen molar-refractivity contribution in [2.75, 3.05) is 11.4 Å². The van der Waals surface area contributed by atoms with E-state index in [-0.39, 0.29) is 18.0 Å². The van der Waals surface area contributed by atoms with Gasteiger partial charge in [0.15, 0.2) is 0 Å². The van der Waals surface area contributed by atoms with Crippen LogP contribution in [-0.4, -0.2) is 29.4 Å². The van der Waals surface area contributed by atoms with Crippen LogP contribution in [0.3, 0.4) is 0 Å². The molecule has 4 nitrogen and oxygen atoms in total. The van der Waals surface area contributed by atoms with E-state index < -0.39 is 0 Å². The molecule has 0 unspecified atom stereocenters. The van der Waals surface area contributed by atoms with Gasteiger partial charge < -0.3 is 4.90 Å². The molecule has 2 saturated heterocycles. The Balaban J connectivity index is 1.98. The van der Waals surface area contributed by atoms with Crippen LogP contribution in [0.1, 0.15) is 25.3 Å². The zero-order valence-corrected chi connectivity index (χ0v) is 11.3. The topological polar surface area (TPSA) is 40.6 Å². The lowest BCUT2D eigenvalue weighted by Gasteiger charge is -2.30. The lowest BCUT2D eigenvalue weighted by atomic mass is 9.93. The number of fused-ring (bicyclic) bond motifs is 1. The van der Waals surface area contributed by atoms with E-state index in [2.05, 4.69) is 6.92 Å². The molecule has 4 heteroatoms. The summed E-state index contributed by atoms with van der Waals surface area (Å²) in [6.07, 6.45) is 1.77. The number of para-hydroxylation sites is 1. The van der Waals surface area contributed by atoms with Crippen LogP contribution >= 0.6 is 0 Å². The molecular formula is C15H18N2O2. The number of amides is 3. The quantitative estimate of drug-likeness (QED) is 0.726. The second-order valence-corrected chi connectivity index (χ2v) is 5.58. The molecule has 0 saturated carbocycles. The van der Waals surface area contributed by atoms with E-state index in [1.165, 1.54) is 4.90 Å². The van der Waals surface area contributed by atoms with Gasteiger partial charge in [-0.3, -0.25) is 4.79 Å². The first kappa shape index (κ1) is 12.2. The Hall–Kier alpha value is -1.84. The maximum Gasteiger partial charge on any atom is 0.332 e. The molecule has 3 rings (SSSR count). The minimum Gasteiger partial charge on any atom is -0.312 e. The van der Waals surface area contributed by atoms with Gasteiger partial charge >= 0.3 is 6.03 Å². The Morgan fingerprint density at radius 3 is 2.68 bits per heavy atom. The van der Waals surface area contributed by atoms with Crippen molar-refractivity contribution in [2.24, 2.45) is 5.92 Å². The molecular weight excluding hydrogens is 240 g/mol. The third kappa shape index (κ3) is 1.82. The van der Waals surface area contributed by atoms with Crippen LogP contribution in [0, 0.1) is 12.8 Å². The van der Waals surface area contributed by atoms with Gasteiger partial charge in [0.05, 0.1) is 5.69 Å². The number of rotatable bonds is 1. The van der Waals surface area contributed by atoms with Crippen LogP contribution in [0.5, 0.6) is 0 Å². The Morgan fingerprint density at radius 2 is 1.95 bits per heavy atom. The van der Waals surface area contributed by atoms with Crippen molar-refractivity contribution in [2.45, 2.75) is 32.7 Å². The number of carbonyl (C=O) groups is 2. The summed E-state index contributed by atoms with van der Waals surface area (Å²) in [7, 11) is 0. The minimum absolute atomic E-state index is 0.0640. The van der Waals surface area contributed by atoms with Crippen LogP contribution in [0.2, 0.25) is 0 Å². The second-order valence-electron chi connectivity index (χ2n) is 5.58. The van der Waals surface area contributed by atoms with Crippen molar-refractivity contribution in [3.05, 3.63) is 29.8 Å². The molecule has 1 aromatic carbocycles. The highest BCUT2D eigenvalue weighted by molar-refractivity contribution is 6.21. The minimum atomic E-state index is -0.254. The van der Waals surface area contributed by atoms with Gasteiger partial charge in [-0.25, -0.2) is 9.69 Å². The zero-order valence-electron chi connectivity index (χ0n) is 11.3. The summed E-state index contributed by atoms with van der Waals surface area (Å²) in [4.78, 5) is 28.0. The van der Waals surface area contributed by atoms with Gasteiger partial charge in [-0.1, -0.05) is 25.1 Å². The van der Waals surface area contributed by atoms with Crippen molar-refractivity contribution in [3.63, 3.8) is 0 Å². The summed E-state index contributed by atoms with van der Waals surface area (Å²) in [6, 6.07) is 7.14. The first-order valence-electron chi connectivity index (χ1n) is 6.80. The molecule has 2 fully saturated rings. The smallest absolute Gasteiger partial charge is 0.312 e. The van der Waals surface area contributed by atoms with E-state index in [1.54, 1.807) is 4.90 Å². The first-order valence-corrected chi connectivity index (χ1v) is 6.80. The molecule has 0 radical (unpaired) electrons. The molecule has 2 atom stereocenters. The number of carbonyl (C=O) groups excluding carboxylic acids is 2. The van der Waals surface area contributed by atoms with Crippen LogP contribution in [0.25, 0.3) is 0 Å². The van der Waals surface area contributed by atoms with Gasteiger partial charge in [0.2, 0.25) is 0 Å². The fourth-order valence-electron chi connectivity index (χ4n) is 3.01.